The lowest BCUT2D eigenvalue weighted by atomic mass is 10.1. The van der Waals surface area contributed by atoms with E-state index in [9.17, 15) is 0 Å². The van der Waals surface area contributed by atoms with E-state index in [4.69, 9.17) is 16.0 Å². The number of nitrogens with zero attached hydrogens (tertiary/aromatic N) is 2. The van der Waals surface area contributed by atoms with Gasteiger partial charge in [0.1, 0.15) is 6.26 Å². The number of halogens is 2. The fourth-order valence-electron chi connectivity index (χ4n) is 2.43. The maximum atomic E-state index is 6.17. The normalized spacial score (nSPS) is 11.0. The molecule has 0 aliphatic heterocycles. The van der Waals surface area contributed by atoms with Crippen LogP contribution in [0.2, 0.25) is 5.02 Å². The molecule has 0 spiro atoms. The molecule has 3 aromatic rings. The molecule has 5 nitrogen and oxygen atoms in total. The van der Waals surface area contributed by atoms with Crippen LogP contribution in [-0.2, 0) is 13.1 Å². The van der Waals surface area contributed by atoms with E-state index in [1.54, 1.807) is 13.3 Å². The van der Waals surface area contributed by atoms with Crippen LogP contribution in [0.5, 0.6) is 0 Å². The van der Waals surface area contributed by atoms with E-state index >= 15 is 0 Å². The maximum absolute atomic E-state index is 6.17. The molecule has 0 fully saturated rings. The van der Waals surface area contributed by atoms with Crippen LogP contribution in [0.25, 0.3) is 11.5 Å². The van der Waals surface area contributed by atoms with Crippen molar-refractivity contribution in [2.45, 2.75) is 20.0 Å². The highest BCUT2D eigenvalue weighted by molar-refractivity contribution is 14.0. The Balaban J connectivity index is 0.00000261. The molecule has 7 heteroatoms. The summed E-state index contributed by atoms with van der Waals surface area (Å²) < 4.78 is 5.57. The van der Waals surface area contributed by atoms with Gasteiger partial charge in [0.15, 0.2) is 5.96 Å². The second kappa shape index (κ2) is 10.3. The molecule has 0 radical (unpaired) electrons. The van der Waals surface area contributed by atoms with E-state index in [2.05, 4.69) is 27.5 Å². The van der Waals surface area contributed by atoms with Gasteiger partial charge in [-0.05, 0) is 30.7 Å². The number of nitrogens with one attached hydrogen (secondary N) is 2. The van der Waals surface area contributed by atoms with Gasteiger partial charge in [0.25, 0.3) is 0 Å². The first-order chi connectivity index (χ1) is 12.7. The Bertz CT molecular complexity index is 893. The minimum Gasteiger partial charge on any atom is -0.444 e. The molecule has 3 rings (SSSR count). The van der Waals surface area contributed by atoms with Gasteiger partial charge in [-0.2, -0.15) is 0 Å². The number of hydrogen-bond donors (Lipinski definition) is 2. The number of benzene rings is 2. The largest absolute Gasteiger partial charge is 0.444 e. The van der Waals surface area contributed by atoms with Crippen molar-refractivity contribution < 1.29 is 4.42 Å². The zero-order chi connectivity index (χ0) is 18.4. The lowest BCUT2D eigenvalue weighted by Crippen LogP contribution is -2.36. The summed E-state index contributed by atoms with van der Waals surface area (Å²) >= 11 is 6.17. The molecule has 0 aliphatic rings. The Labute approximate surface area is 181 Å². The lowest BCUT2D eigenvalue weighted by Gasteiger charge is -2.11. The van der Waals surface area contributed by atoms with Crippen LogP contribution in [-0.4, -0.2) is 18.0 Å². The van der Waals surface area contributed by atoms with Gasteiger partial charge < -0.3 is 15.1 Å². The average Bonchev–Trinajstić information content (AvgIpc) is 3.13. The molecular formula is C20H22ClIN4O. The standard InChI is InChI=1S/C20H21ClN4O.HI/c1-14-7-9-15(10-8-14)19-25-17(13-26-19)12-24-20(22-2)23-11-16-5-3-4-6-18(16)21;/h3-10,13H,11-12H2,1-2H3,(H2,22,23,24);1H. The molecular weight excluding hydrogens is 475 g/mol. The number of oxazole rings is 1. The van der Waals surface area contributed by atoms with E-state index < -0.39 is 0 Å². The fourth-order valence-corrected chi connectivity index (χ4v) is 2.64. The molecule has 0 saturated carbocycles. The van der Waals surface area contributed by atoms with Gasteiger partial charge >= 0.3 is 0 Å². The van der Waals surface area contributed by atoms with E-state index in [-0.39, 0.29) is 24.0 Å². The van der Waals surface area contributed by atoms with Gasteiger partial charge in [0.2, 0.25) is 5.89 Å². The van der Waals surface area contributed by atoms with Crippen LogP contribution in [0, 0.1) is 6.92 Å². The van der Waals surface area contributed by atoms with Crippen LogP contribution >= 0.6 is 35.6 Å². The molecule has 0 saturated heterocycles. The van der Waals surface area contributed by atoms with Gasteiger partial charge in [0.05, 0.1) is 12.2 Å². The summed E-state index contributed by atoms with van der Waals surface area (Å²) in [5, 5.41) is 7.19. The summed E-state index contributed by atoms with van der Waals surface area (Å²) in [5.41, 5.74) is 3.99. The predicted octanol–water partition coefficient (Wildman–Crippen LogP) is 4.79. The summed E-state index contributed by atoms with van der Waals surface area (Å²) in [7, 11) is 1.72. The monoisotopic (exact) mass is 496 g/mol. The lowest BCUT2D eigenvalue weighted by molar-refractivity contribution is 0.572. The molecule has 0 atom stereocenters. The van der Waals surface area contributed by atoms with Gasteiger partial charge in [-0.1, -0.05) is 47.5 Å². The van der Waals surface area contributed by atoms with Crippen molar-refractivity contribution in [1.82, 2.24) is 15.6 Å². The minimum atomic E-state index is 0. The van der Waals surface area contributed by atoms with Gasteiger partial charge in [-0.25, -0.2) is 4.98 Å². The van der Waals surface area contributed by atoms with Crippen LogP contribution in [0.3, 0.4) is 0 Å². The highest BCUT2D eigenvalue weighted by atomic mass is 127. The van der Waals surface area contributed by atoms with Crippen molar-refractivity contribution in [3.63, 3.8) is 0 Å². The average molecular weight is 497 g/mol. The molecule has 0 aliphatic carbocycles. The number of aliphatic imine (C=N–C) groups is 1. The number of guanidine groups is 1. The summed E-state index contributed by atoms with van der Waals surface area (Å²) in [6.07, 6.45) is 1.66. The highest BCUT2D eigenvalue weighted by Crippen LogP contribution is 2.19. The first-order valence-electron chi connectivity index (χ1n) is 8.35. The van der Waals surface area contributed by atoms with Crippen LogP contribution in [0.4, 0.5) is 0 Å². The van der Waals surface area contributed by atoms with E-state index in [0.717, 1.165) is 21.8 Å². The second-order valence-corrected chi connectivity index (χ2v) is 6.29. The minimum absolute atomic E-state index is 0. The summed E-state index contributed by atoms with van der Waals surface area (Å²) in [6, 6.07) is 15.8. The Hall–Kier alpha value is -2.06. The first kappa shape index (κ1) is 21.2. The third kappa shape index (κ3) is 5.97. The predicted molar refractivity (Wildman–Crippen MR) is 121 cm³/mol. The quantitative estimate of drug-likeness (QED) is 0.303. The van der Waals surface area contributed by atoms with Crippen molar-refractivity contribution >= 4 is 41.5 Å². The Kier molecular flexibility index (Phi) is 8.12. The smallest absolute Gasteiger partial charge is 0.226 e. The van der Waals surface area contributed by atoms with Crippen molar-refractivity contribution in [3.8, 4) is 11.5 Å². The third-order valence-electron chi connectivity index (χ3n) is 3.91. The highest BCUT2D eigenvalue weighted by Gasteiger charge is 2.07. The molecule has 0 amide bonds. The van der Waals surface area contributed by atoms with Gasteiger partial charge in [-0.15, -0.1) is 24.0 Å². The topological polar surface area (TPSA) is 62.5 Å². The molecule has 27 heavy (non-hydrogen) atoms. The molecule has 0 bridgehead atoms. The van der Waals surface area contributed by atoms with Gasteiger partial charge in [0, 0.05) is 24.2 Å². The van der Waals surface area contributed by atoms with E-state index in [0.29, 0.717) is 24.9 Å². The molecule has 2 aromatic carbocycles. The van der Waals surface area contributed by atoms with Crippen LogP contribution in [0.15, 0.2) is 64.2 Å². The number of rotatable bonds is 5. The first-order valence-corrected chi connectivity index (χ1v) is 8.73. The van der Waals surface area contributed by atoms with Crippen molar-refractivity contribution in [3.05, 3.63) is 76.6 Å². The summed E-state index contributed by atoms with van der Waals surface area (Å²) in [6.45, 7) is 3.15. The third-order valence-corrected chi connectivity index (χ3v) is 4.28. The summed E-state index contributed by atoms with van der Waals surface area (Å²) in [4.78, 5) is 8.73. The fraction of sp³-hybridized carbons (Fsp3) is 0.200. The number of hydrogen-bond acceptors (Lipinski definition) is 3. The number of aryl methyl sites for hydroxylation is 1. The SMILES string of the molecule is CN=C(NCc1coc(-c2ccc(C)cc2)n1)NCc1ccccc1Cl.I. The van der Waals surface area contributed by atoms with Crippen LogP contribution in [0.1, 0.15) is 16.8 Å². The Morgan fingerprint density at radius 2 is 1.78 bits per heavy atom. The maximum Gasteiger partial charge on any atom is 0.226 e. The molecule has 1 heterocycles. The molecule has 1 aromatic heterocycles. The molecule has 0 unspecified atom stereocenters. The Morgan fingerprint density at radius 1 is 1.07 bits per heavy atom. The zero-order valence-corrected chi connectivity index (χ0v) is 18.3. The number of aromatic nitrogens is 1. The van der Waals surface area contributed by atoms with E-state index in [1.165, 1.54) is 5.56 Å². The second-order valence-electron chi connectivity index (χ2n) is 5.88. The van der Waals surface area contributed by atoms with Gasteiger partial charge in [-0.3, -0.25) is 4.99 Å². The van der Waals surface area contributed by atoms with Crippen molar-refractivity contribution in [2.75, 3.05) is 7.05 Å². The summed E-state index contributed by atoms with van der Waals surface area (Å²) in [5.74, 6) is 1.28. The zero-order valence-electron chi connectivity index (χ0n) is 15.2. The molecule has 142 valence electrons. The van der Waals surface area contributed by atoms with Crippen molar-refractivity contribution in [2.24, 2.45) is 4.99 Å². The van der Waals surface area contributed by atoms with Crippen LogP contribution < -0.4 is 10.6 Å². The van der Waals surface area contributed by atoms with Crippen molar-refractivity contribution in [1.29, 1.82) is 0 Å². The molecule has 2 N–H and O–H groups in total. The van der Waals surface area contributed by atoms with E-state index in [1.807, 2.05) is 48.5 Å². The Morgan fingerprint density at radius 3 is 2.48 bits per heavy atom.